The number of ether oxygens (including phenoxy) is 3. The Balaban J connectivity index is 1.67. The molecule has 0 bridgehead atoms. The average Bonchev–Trinajstić information content (AvgIpc) is 2.79. The lowest BCUT2D eigenvalue weighted by Crippen LogP contribution is -2.60. The molecule has 0 amide bonds. The van der Waals surface area contributed by atoms with Gasteiger partial charge in [0.1, 0.15) is 41.5 Å². The largest absolute Gasteiger partial charge is 0.504 e. The zero-order valence-electron chi connectivity index (χ0n) is 16.9. The molecule has 1 fully saturated rings. The molecule has 2 aromatic carbocycles. The summed E-state index contributed by atoms with van der Waals surface area (Å²) >= 11 is 0. The van der Waals surface area contributed by atoms with Gasteiger partial charge in [-0.3, -0.25) is 4.79 Å². The fourth-order valence-corrected chi connectivity index (χ4v) is 3.48. The molecular formula is C22H22O10. The normalized spacial score (nSPS) is 25.6. The number of hydrogen-bond acceptors (Lipinski definition) is 10. The van der Waals surface area contributed by atoms with Gasteiger partial charge >= 0.3 is 0 Å². The number of aliphatic hydroxyl groups excluding tert-OH is 4. The third-order valence-corrected chi connectivity index (χ3v) is 5.27. The van der Waals surface area contributed by atoms with E-state index < -0.39 is 37.3 Å². The summed E-state index contributed by atoms with van der Waals surface area (Å²) in [4.78, 5) is 12.6. The molecule has 5 atom stereocenters. The summed E-state index contributed by atoms with van der Waals surface area (Å²) in [5.74, 6) is 0.538. The van der Waals surface area contributed by atoms with Gasteiger partial charge in [0.15, 0.2) is 16.9 Å². The standard InChI is InChI=1S/C22H22O10/c1-29-17-6-10(2-5-13(17)24)15-8-14(25)12-4-3-11(7-16(12)31-15)30-22-21(28)20(27)19(26)18(9-23)32-22/h2-8,18-24,26-28H,9H2,1H3/t18-,19-,20-,21-,22-/m0/s1. The monoisotopic (exact) mass is 446 g/mol. The van der Waals surface area contributed by atoms with Crippen LogP contribution in [0, 0.1) is 0 Å². The maximum absolute atomic E-state index is 12.6. The lowest BCUT2D eigenvalue weighted by Gasteiger charge is -2.39. The van der Waals surface area contributed by atoms with E-state index in [1.54, 1.807) is 6.07 Å². The Morgan fingerprint density at radius 3 is 2.50 bits per heavy atom. The molecule has 3 aromatic rings. The number of phenolic OH excluding ortho intramolecular Hbond substituents is 1. The number of aromatic hydroxyl groups is 1. The molecule has 1 aliphatic rings. The molecule has 0 aliphatic carbocycles. The summed E-state index contributed by atoms with van der Waals surface area (Å²) in [7, 11) is 1.40. The van der Waals surface area contributed by atoms with Gasteiger partial charge in [0, 0.05) is 17.7 Å². The summed E-state index contributed by atoms with van der Waals surface area (Å²) in [5.41, 5.74) is 0.369. The highest BCUT2D eigenvalue weighted by atomic mass is 16.7. The summed E-state index contributed by atoms with van der Waals surface area (Å²) < 4.78 is 21.9. The van der Waals surface area contributed by atoms with E-state index in [1.165, 1.54) is 43.5 Å². The van der Waals surface area contributed by atoms with E-state index in [2.05, 4.69) is 0 Å². The Labute approximate surface area is 181 Å². The lowest BCUT2D eigenvalue weighted by atomic mass is 9.99. The van der Waals surface area contributed by atoms with Crippen molar-refractivity contribution in [2.45, 2.75) is 30.7 Å². The van der Waals surface area contributed by atoms with Crippen LogP contribution >= 0.6 is 0 Å². The second-order valence-electron chi connectivity index (χ2n) is 7.33. The van der Waals surface area contributed by atoms with Crippen LogP contribution < -0.4 is 14.9 Å². The molecule has 1 aliphatic heterocycles. The average molecular weight is 446 g/mol. The Bertz CT molecular complexity index is 1170. The molecule has 0 radical (unpaired) electrons. The molecule has 1 aromatic heterocycles. The van der Waals surface area contributed by atoms with Gasteiger partial charge in [-0.05, 0) is 30.3 Å². The van der Waals surface area contributed by atoms with E-state index in [9.17, 15) is 30.3 Å². The first-order valence-electron chi connectivity index (χ1n) is 9.75. The maximum atomic E-state index is 12.6. The quantitative estimate of drug-likeness (QED) is 0.370. The van der Waals surface area contributed by atoms with Crippen LogP contribution in [0.25, 0.3) is 22.3 Å². The molecule has 170 valence electrons. The molecule has 0 unspecified atom stereocenters. The number of rotatable bonds is 5. The van der Waals surface area contributed by atoms with Gasteiger partial charge in [-0.2, -0.15) is 0 Å². The van der Waals surface area contributed by atoms with Crippen LogP contribution in [0.1, 0.15) is 0 Å². The van der Waals surface area contributed by atoms with Gasteiger partial charge in [0.25, 0.3) is 0 Å². The van der Waals surface area contributed by atoms with Crippen LogP contribution in [0.3, 0.4) is 0 Å². The third kappa shape index (κ3) is 4.01. The van der Waals surface area contributed by atoms with E-state index in [0.717, 1.165) is 0 Å². The molecule has 1 saturated heterocycles. The van der Waals surface area contributed by atoms with Crippen molar-refractivity contribution in [1.82, 2.24) is 0 Å². The predicted octanol–water partition coefficient (Wildman–Crippen LogP) is 0.353. The van der Waals surface area contributed by atoms with E-state index >= 15 is 0 Å². The van der Waals surface area contributed by atoms with Crippen molar-refractivity contribution in [3.8, 4) is 28.6 Å². The lowest BCUT2D eigenvalue weighted by molar-refractivity contribution is -0.277. The summed E-state index contributed by atoms with van der Waals surface area (Å²) in [6, 6.07) is 10.2. The Hall–Kier alpha value is -3.15. The van der Waals surface area contributed by atoms with E-state index in [4.69, 9.17) is 18.6 Å². The summed E-state index contributed by atoms with van der Waals surface area (Å²) in [5, 5.41) is 49.3. The van der Waals surface area contributed by atoms with Crippen molar-refractivity contribution in [2.75, 3.05) is 13.7 Å². The van der Waals surface area contributed by atoms with Gasteiger partial charge in [-0.25, -0.2) is 0 Å². The topological polar surface area (TPSA) is 159 Å². The van der Waals surface area contributed by atoms with Gasteiger partial charge in [-0.15, -0.1) is 0 Å². The predicted molar refractivity (Wildman–Crippen MR) is 111 cm³/mol. The maximum Gasteiger partial charge on any atom is 0.229 e. The van der Waals surface area contributed by atoms with E-state index in [1.807, 2.05) is 0 Å². The molecule has 0 spiro atoms. The number of phenols is 1. The zero-order valence-corrected chi connectivity index (χ0v) is 16.9. The number of fused-ring (bicyclic) bond motifs is 1. The van der Waals surface area contributed by atoms with Crippen molar-refractivity contribution in [1.29, 1.82) is 0 Å². The second kappa shape index (κ2) is 8.77. The van der Waals surface area contributed by atoms with Gasteiger partial charge in [-0.1, -0.05) is 0 Å². The van der Waals surface area contributed by atoms with Gasteiger partial charge in [0.05, 0.1) is 19.1 Å². The number of aliphatic hydroxyl groups is 4. The molecule has 32 heavy (non-hydrogen) atoms. The van der Waals surface area contributed by atoms with Crippen LogP contribution in [-0.2, 0) is 4.74 Å². The minimum Gasteiger partial charge on any atom is -0.504 e. The molecule has 4 rings (SSSR count). The molecule has 2 heterocycles. The van der Waals surface area contributed by atoms with E-state index in [0.29, 0.717) is 5.56 Å². The highest BCUT2D eigenvalue weighted by Crippen LogP contribution is 2.33. The van der Waals surface area contributed by atoms with Gasteiger partial charge in [0.2, 0.25) is 6.29 Å². The van der Waals surface area contributed by atoms with Crippen LogP contribution in [0.4, 0.5) is 0 Å². The smallest absolute Gasteiger partial charge is 0.229 e. The van der Waals surface area contributed by atoms with Crippen molar-refractivity contribution < 1.29 is 44.2 Å². The Morgan fingerprint density at radius 1 is 1.00 bits per heavy atom. The van der Waals surface area contributed by atoms with Crippen LogP contribution in [0.15, 0.2) is 51.7 Å². The summed E-state index contributed by atoms with van der Waals surface area (Å²) in [6.45, 7) is -0.586. The highest BCUT2D eigenvalue weighted by molar-refractivity contribution is 5.80. The Kier molecular flexibility index (Phi) is 6.04. The third-order valence-electron chi connectivity index (χ3n) is 5.27. The fourth-order valence-electron chi connectivity index (χ4n) is 3.48. The number of methoxy groups -OCH3 is 1. The molecule has 10 heteroatoms. The first-order valence-corrected chi connectivity index (χ1v) is 9.75. The first kappa shape index (κ1) is 22.1. The molecular weight excluding hydrogens is 424 g/mol. The number of benzene rings is 2. The van der Waals surface area contributed by atoms with Crippen molar-refractivity contribution in [3.05, 3.63) is 52.7 Å². The molecule has 0 saturated carbocycles. The second-order valence-corrected chi connectivity index (χ2v) is 7.33. The van der Waals surface area contributed by atoms with E-state index in [-0.39, 0.29) is 39.4 Å². The first-order chi connectivity index (χ1) is 15.3. The number of hydrogen-bond donors (Lipinski definition) is 5. The van der Waals surface area contributed by atoms with Crippen molar-refractivity contribution >= 4 is 11.0 Å². The molecule has 5 N–H and O–H groups in total. The van der Waals surface area contributed by atoms with Crippen LogP contribution in [0.2, 0.25) is 0 Å². The Morgan fingerprint density at radius 2 is 1.78 bits per heavy atom. The van der Waals surface area contributed by atoms with Crippen LogP contribution in [0.5, 0.6) is 17.2 Å². The highest BCUT2D eigenvalue weighted by Gasteiger charge is 2.44. The van der Waals surface area contributed by atoms with Crippen LogP contribution in [-0.4, -0.2) is 70.0 Å². The minimum atomic E-state index is -1.58. The summed E-state index contributed by atoms with van der Waals surface area (Å²) in [6.07, 6.45) is -7.16. The fraction of sp³-hybridized carbons (Fsp3) is 0.318. The zero-order chi connectivity index (χ0) is 23.0. The van der Waals surface area contributed by atoms with Crippen molar-refractivity contribution in [3.63, 3.8) is 0 Å². The SMILES string of the molecule is COc1cc(-c2cc(=O)c3ccc(O[C@H]4O[C@@H](CO)[C@H](O)[C@H](O)[C@@H]4O)cc3o2)ccc1O. The van der Waals surface area contributed by atoms with Gasteiger partial charge < -0.3 is 44.2 Å². The minimum absolute atomic E-state index is 0.0606. The molecule has 10 nitrogen and oxygen atoms in total. The van der Waals surface area contributed by atoms with Crippen molar-refractivity contribution in [2.24, 2.45) is 0 Å².